The van der Waals surface area contributed by atoms with Gasteiger partial charge in [0.15, 0.2) is 0 Å². The van der Waals surface area contributed by atoms with E-state index in [0.717, 1.165) is 22.7 Å². The summed E-state index contributed by atoms with van der Waals surface area (Å²) >= 11 is 1.94. The number of nitrogens with zero attached hydrogens (tertiary/aromatic N) is 2. The van der Waals surface area contributed by atoms with Crippen molar-refractivity contribution in [2.24, 2.45) is 0 Å². The van der Waals surface area contributed by atoms with E-state index < -0.39 is 0 Å². The molecule has 0 aliphatic carbocycles. The van der Waals surface area contributed by atoms with E-state index in [9.17, 15) is 4.79 Å². The van der Waals surface area contributed by atoms with Crippen molar-refractivity contribution in [2.75, 3.05) is 26.2 Å². The summed E-state index contributed by atoms with van der Waals surface area (Å²) in [4.78, 5) is 22.6. The number of rotatable bonds is 5. The molecule has 2 aromatic rings. The highest BCUT2D eigenvalue weighted by Gasteiger charge is 2.23. The first kappa shape index (κ1) is 18.0. The second-order valence-corrected chi connectivity index (χ2v) is 8.88. The number of H-pyrrole nitrogens is 1. The van der Waals surface area contributed by atoms with Gasteiger partial charge in [-0.1, -0.05) is 12.1 Å². The summed E-state index contributed by atoms with van der Waals surface area (Å²) < 4.78 is 0. The quantitative estimate of drug-likeness (QED) is 0.845. The van der Waals surface area contributed by atoms with Gasteiger partial charge in [0, 0.05) is 17.8 Å². The van der Waals surface area contributed by atoms with Crippen molar-refractivity contribution in [3.8, 4) is 0 Å². The summed E-state index contributed by atoms with van der Waals surface area (Å²) in [5.74, 6) is 1.59. The summed E-state index contributed by atoms with van der Waals surface area (Å²) in [6.07, 6.45) is 5.12. The van der Waals surface area contributed by atoms with Crippen molar-refractivity contribution in [3.63, 3.8) is 0 Å². The van der Waals surface area contributed by atoms with Crippen LogP contribution in [0.1, 0.15) is 37.1 Å². The van der Waals surface area contributed by atoms with Crippen molar-refractivity contribution in [3.05, 3.63) is 39.9 Å². The molecule has 0 amide bonds. The Morgan fingerprint density at radius 3 is 2.88 bits per heavy atom. The van der Waals surface area contributed by atoms with Crippen LogP contribution < -0.4 is 10.9 Å². The first-order valence-electron chi connectivity index (χ1n) is 9.75. The van der Waals surface area contributed by atoms with Gasteiger partial charge >= 0.3 is 0 Å². The van der Waals surface area contributed by atoms with Crippen LogP contribution in [0.3, 0.4) is 0 Å². The van der Waals surface area contributed by atoms with Crippen LogP contribution in [0.2, 0.25) is 0 Å². The Bertz CT molecular complexity index is 807. The molecular formula is C20H28N4OS. The molecule has 140 valence electrons. The maximum atomic E-state index is 12.3. The molecule has 4 rings (SSSR count). The predicted octanol–water partition coefficient (Wildman–Crippen LogP) is 2.68. The SMILES string of the molecule is Cc1cccc2c(=O)[nH]c(CSC3CCN(C[C@@H]4CCCN4)CC3)nc12. The summed E-state index contributed by atoms with van der Waals surface area (Å²) in [6.45, 7) is 6.79. The Morgan fingerprint density at radius 1 is 1.27 bits per heavy atom. The number of hydrogen-bond donors (Lipinski definition) is 2. The van der Waals surface area contributed by atoms with Crippen LogP contribution in [-0.2, 0) is 5.75 Å². The summed E-state index contributed by atoms with van der Waals surface area (Å²) in [5.41, 5.74) is 1.88. The number of hydrogen-bond acceptors (Lipinski definition) is 5. The molecule has 2 aliphatic rings. The highest BCUT2D eigenvalue weighted by Crippen LogP contribution is 2.26. The number of aryl methyl sites for hydroxylation is 1. The van der Waals surface area contributed by atoms with Crippen LogP contribution in [0.5, 0.6) is 0 Å². The molecule has 2 N–H and O–H groups in total. The van der Waals surface area contributed by atoms with Gasteiger partial charge in [-0.3, -0.25) is 4.79 Å². The van der Waals surface area contributed by atoms with Crippen molar-refractivity contribution < 1.29 is 0 Å². The second-order valence-electron chi connectivity index (χ2n) is 7.59. The van der Waals surface area contributed by atoms with Gasteiger partial charge in [0.05, 0.1) is 16.7 Å². The van der Waals surface area contributed by atoms with Gasteiger partial charge in [-0.25, -0.2) is 4.98 Å². The highest BCUT2D eigenvalue weighted by molar-refractivity contribution is 7.99. The second kappa shape index (κ2) is 8.11. The van der Waals surface area contributed by atoms with E-state index in [2.05, 4.69) is 15.2 Å². The number of para-hydroxylation sites is 1. The molecule has 26 heavy (non-hydrogen) atoms. The minimum Gasteiger partial charge on any atom is -0.313 e. The lowest BCUT2D eigenvalue weighted by molar-refractivity contribution is 0.214. The average molecular weight is 373 g/mol. The number of aromatic nitrogens is 2. The zero-order chi connectivity index (χ0) is 17.9. The lowest BCUT2D eigenvalue weighted by Gasteiger charge is -2.33. The van der Waals surface area contributed by atoms with Crippen LogP contribution in [0.15, 0.2) is 23.0 Å². The largest absolute Gasteiger partial charge is 0.313 e. The van der Waals surface area contributed by atoms with Gasteiger partial charge in [0.2, 0.25) is 0 Å². The van der Waals surface area contributed by atoms with Crippen LogP contribution in [0.25, 0.3) is 10.9 Å². The number of piperidine rings is 1. The van der Waals surface area contributed by atoms with Gasteiger partial charge in [-0.05, 0) is 63.9 Å². The maximum Gasteiger partial charge on any atom is 0.258 e. The van der Waals surface area contributed by atoms with Crippen LogP contribution in [-0.4, -0.2) is 52.3 Å². The average Bonchev–Trinajstić information content (AvgIpc) is 3.15. The molecule has 0 radical (unpaired) electrons. The van der Waals surface area contributed by atoms with Gasteiger partial charge in [0.1, 0.15) is 5.82 Å². The molecule has 6 heteroatoms. The van der Waals surface area contributed by atoms with E-state index >= 15 is 0 Å². The minimum atomic E-state index is -0.0202. The number of benzene rings is 1. The molecular weight excluding hydrogens is 344 g/mol. The Kier molecular flexibility index (Phi) is 5.62. The lowest BCUT2D eigenvalue weighted by Crippen LogP contribution is -2.42. The van der Waals surface area contributed by atoms with Crippen molar-refractivity contribution in [1.82, 2.24) is 20.2 Å². The Balaban J connectivity index is 1.31. The number of thioether (sulfide) groups is 1. The fraction of sp³-hybridized carbons (Fsp3) is 0.600. The molecule has 5 nitrogen and oxygen atoms in total. The zero-order valence-electron chi connectivity index (χ0n) is 15.5. The summed E-state index contributed by atoms with van der Waals surface area (Å²) in [7, 11) is 0. The normalized spacial score (nSPS) is 22.3. The standard InChI is InChI=1S/C20H28N4OS/c1-14-4-2-6-17-19(14)22-18(23-20(17)25)13-26-16-7-10-24(11-8-16)12-15-5-3-9-21-15/h2,4,6,15-16,21H,3,5,7-13H2,1H3,(H,22,23,25)/t15-/m0/s1. The topological polar surface area (TPSA) is 61.0 Å². The first-order chi connectivity index (χ1) is 12.7. The maximum absolute atomic E-state index is 12.3. The molecule has 1 aromatic heterocycles. The van der Waals surface area contributed by atoms with Gasteiger partial charge in [0.25, 0.3) is 5.56 Å². The van der Waals surface area contributed by atoms with Crippen LogP contribution >= 0.6 is 11.8 Å². The third-order valence-corrected chi connectivity index (χ3v) is 7.00. The highest BCUT2D eigenvalue weighted by atomic mass is 32.2. The Labute approximate surface area is 159 Å². The van der Waals surface area contributed by atoms with E-state index in [4.69, 9.17) is 4.98 Å². The molecule has 1 atom stereocenters. The van der Waals surface area contributed by atoms with E-state index in [1.54, 1.807) is 0 Å². The third-order valence-electron chi connectivity index (χ3n) is 5.62. The van der Waals surface area contributed by atoms with E-state index in [0.29, 0.717) is 16.7 Å². The van der Waals surface area contributed by atoms with E-state index in [-0.39, 0.29) is 5.56 Å². The molecule has 2 aliphatic heterocycles. The van der Waals surface area contributed by atoms with Crippen molar-refractivity contribution in [1.29, 1.82) is 0 Å². The van der Waals surface area contributed by atoms with Gasteiger partial charge in [-0.15, -0.1) is 0 Å². The Hall–Kier alpha value is -1.37. The predicted molar refractivity (Wildman–Crippen MR) is 109 cm³/mol. The molecule has 0 spiro atoms. The number of likely N-dealkylation sites (tertiary alicyclic amines) is 1. The fourth-order valence-corrected chi connectivity index (χ4v) is 5.17. The van der Waals surface area contributed by atoms with Crippen LogP contribution in [0.4, 0.5) is 0 Å². The molecule has 2 saturated heterocycles. The van der Waals surface area contributed by atoms with E-state index in [1.165, 1.54) is 51.9 Å². The number of fused-ring (bicyclic) bond motifs is 1. The van der Waals surface area contributed by atoms with Crippen molar-refractivity contribution >= 4 is 22.7 Å². The third kappa shape index (κ3) is 4.13. The molecule has 0 unspecified atom stereocenters. The molecule has 3 heterocycles. The zero-order valence-corrected chi connectivity index (χ0v) is 16.3. The van der Waals surface area contributed by atoms with E-state index in [1.807, 2.05) is 36.9 Å². The van der Waals surface area contributed by atoms with Gasteiger partial charge in [-0.2, -0.15) is 11.8 Å². The molecule has 2 fully saturated rings. The molecule has 0 bridgehead atoms. The lowest BCUT2D eigenvalue weighted by atomic mass is 10.1. The monoisotopic (exact) mass is 372 g/mol. The Morgan fingerprint density at radius 2 is 2.12 bits per heavy atom. The molecule has 0 saturated carbocycles. The minimum absolute atomic E-state index is 0.0202. The smallest absolute Gasteiger partial charge is 0.258 e. The van der Waals surface area contributed by atoms with Gasteiger partial charge < -0.3 is 15.2 Å². The van der Waals surface area contributed by atoms with Crippen molar-refractivity contribution in [2.45, 2.75) is 49.7 Å². The fourth-order valence-electron chi connectivity index (χ4n) is 4.10. The number of nitrogens with one attached hydrogen (secondary N) is 2. The number of aromatic amines is 1. The molecule has 1 aromatic carbocycles. The summed E-state index contributed by atoms with van der Waals surface area (Å²) in [5, 5.41) is 4.95. The first-order valence-corrected chi connectivity index (χ1v) is 10.8. The summed E-state index contributed by atoms with van der Waals surface area (Å²) in [6, 6.07) is 6.48. The van der Waals surface area contributed by atoms with Crippen LogP contribution in [0, 0.1) is 6.92 Å².